The maximum atomic E-state index is 5.30. The van der Waals surface area contributed by atoms with E-state index in [4.69, 9.17) is 4.74 Å². The Morgan fingerprint density at radius 3 is 2.36 bits per heavy atom. The number of allylic oxidation sites excluding steroid dienone is 4. The van der Waals surface area contributed by atoms with Crippen molar-refractivity contribution in [1.29, 1.82) is 0 Å². The van der Waals surface area contributed by atoms with Crippen LogP contribution in [0.1, 0.15) is 13.8 Å². The average Bonchev–Trinajstić information content (AvgIpc) is 2.20. The van der Waals surface area contributed by atoms with E-state index >= 15 is 0 Å². The van der Waals surface area contributed by atoms with E-state index in [-0.39, 0.29) is 0 Å². The van der Waals surface area contributed by atoms with Gasteiger partial charge in [0.25, 0.3) is 0 Å². The summed E-state index contributed by atoms with van der Waals surface area (Å²) in [7, 11) is 0. The second-order valence-electron chi connectivity index (χ2n) is 3.64. The van der Waals surface area contributed by atoms with Crippen LogP contribution in [0.25, 0.3) is 0 Å². The Morgan fingerprint density at radius 1 is 1.21 bits per heavy atom. The Balaban J connectivity index is 2.64. The fourth-order valence-electron chi connectivity index (χ4n) is 1.38. The van der Waals surface area contributed by atoms with Gasteiger partial charge in [0, 0.05) is 18.8 Å². The maximum Gasteiger partial charge on any atom is 0.0642 e. The first-order chi connectivity index (χ1) is 6.74. The Bertz CT molecular complexity index is 243. The summed E-state index contributed by atoms with van der Waals surface area (Å²) in [5.41, 5.74) is 2.49. The van der Waals surface area contributed by atoms with Crippen LogP contribution < -0.4 is 0 Å². The molecule has 1 fully saturated rings. The van der Waals surface area contributed by atoms with Crippen LogP contribution in [0.2, 0.25) is 0 Å². The molecule has 0 saturated carbocycles. The molecule has 2 nitrogen and oxygen atoms in total. The van der Waals surface area contributed by atoms with E-state index in [0.717, 1.165) is 26.3 Å². The molecule has 0 N–H and O–H groups in total. The molecule has 0 amide bonds. The van der Waals surface area contributed by atoms with E-state index in [1.165, 1.54) is 11.3 Å². The van der Waals surface area contributed by atoms with Gasteiger partial charge in [-0.25, -0.2) is 0 Å². The highest BCUT2D eigenvalue weighted by atomic mass is 16.5. The van der Waals surface area contributed by atoms with E-state index in [1.54, 1.807) is 0 Å². The van der Waals surface area contributed by atoms with E-state index in [2.05, 4.69) is 37.5 Å². The summed E-state index contributed by atoms with van der Waals surface area (Å²) >= 11 is 0. The SMILES string of the molecule is C=C/C(=C\C=C(C)C)N1CCOCC1. The van der Waals surface area contributed by atoms with Crippen molar-refractivity contribution in [3.8, 4) is 0 Å². The molecular formula is C12H19NO. The van der Waals surface area contributed by atoms with Crippen molar-refractivity contribution in [2.45, 2.75) is 13.8 Å². The fraction of sp³-hybridized carbons (Fsp3) is 0.500. The van der Waals surface area contributed by atoms with E-state index < -0.39 is 0 Å². The molecule has 0 aliphatic carbocycles. The molecule has 0 atom stereocenters. The van der Waals surface area contributed by atoms with Gasteiger partial charge < -0.3 is 9.64 Å². The van der Waals surface area contributed by atoms with E-state index in [9.17, 15) is 0 Å². The highest BCUT2D eigenvalue weighted by molar-refractivity contribution is 5.23. The summed E-state index contributed by atoms with van der Waals surface area (Å²) in [6.45, 7) is 11.6. The third-order valence-electron chi connectivity index (χ3n) is 2.17. The third-order valence-corrected chi connectivity index (χ3v) is 2.17. The Morgan fingerprint density at radius 2 is 1.86 bits per heavy atom. The monoisotopic (exact) mass is 193 g/mol. The lowest BCUT2D eigenvalue weighted by Gasteiger charge is -2.29. The smallest absolute Gasteiger partial charge is 0.0642 e. The van der Waals surface area contributed by atoms with Gasteiger partial charge in [-0.15, -0.1) is 0 Å². The van der Waals surface area contributed by atoms with Crippen LogP contribution in [-0.2, 0) is 4.74 Å². The van der Waals surface area contributed by atoms with Crippen LogP contribution in [0, 0.1) is 0 Å². The van der Waals surface area contributed by atoms with Gasteiger partial charge in [-0.05, 0) is 26.0 Å². The standard InChI is InChI=1S/C12H19NO/c1-4-12(6-5-11(2)3)13-7-9-14-10-8-13/h4-6H,1,7-10H2,2-3H3/b12-6+. The van der Waals surface area contributed by atoms with E-state index in [0.29, 0.717) is 0 Å². The first-order valence-corrected chi connectivity index (χ1v) is 5.04. The highest BCUT2D eigenvalue weighted by Gasteiger charge is 2.10. The number of hydrogen-bond donors (Lipinski definition) is 0. The van der Waals surface area contributed by atoms with Crippen molar-refractivity contribution in [3.63, 3.8) is 0 Å². The van der Waals surface area contributed by atoms with Crippen LogP contribution in [0.4, 0.5) is 0 Å². The minimum Gasteiger partial charge on any atom is -0.378 e. The number of morpholine rings is 1. The molecule has 14 heavy (non-hydrogen) atoms. The maximum absolute atomic E-state index is 5.30. The first-order valence-electron chi connectivity index (χ1n) is 5.04. The van der Waals surface area contributed by atoms with Gasteiger partial charge in [-0.1, -0.05) is 18.2 Å². The van der Waals surface area contributed by atoms with Crippen molar-refractivity contribution >= 4 is 0 Å². The minimum absolute atomic E-state index is 0.819. The first kappa shape index (κ1) is 11.1. The predicted octanol–water partition coefficient (Wildman–Crippen LogP) is 2.35. The molecular weight excluding hydrogens is 174 g/mol. The second-order valence-corrected chi connectivity index (χ2v) is 3.64. The predicted molar refractivity (Wildman–Crippen MR) is 60.1 cm³/mol. The largest absolute Gasteiger partial charge is 0.378 e. The van der Waals surface area contributed by atoms with Crippen LogP contribution in [0.5, 0.6) is 0 Å². The van der Waals surface area contributed by atoms with Gasteiger partial charge in [-0.3, -0.25) is 0 Å². The lowest BCUT2D eigenvalue weighted by atomic mass is 10.2. The molecule has 1 rings (SSSR count). The molecule has 0 aromatic carbocycles. The number of ether oxygens (including phenoxy) is 1. The quantitative estimate of drug-likeness (QED) is 0.638. The number of nitrogens with zero attached hydrogens (tertiary/aromatic N) is 1. The molecule has 1 heterocycles. The molecule has 0 bridgehead atoms. The Hall–Kier alpha value is -1.02. The summed E-state index contributed by atoms with van der Waals surface area (Å²) in [5, 5.41) is 0. The highest BCUT2D eigenvalue weighted by Crippen LogP contribution is 2.09. The van der Waals surface area contributed by atoms with Crippen LogP contribution in [0.15, 0.2) is 36.1 Å². The van der Waals surface area contributed by atoms with Crippen molar-refractivity contribution in [2.75, 3.05) is 26.3 Å². The van der Waals surface area contributed by atoms with Gasteiger partial charge in [0.15, 0.2) is 0 Å². The molecule has 1 aliphatic rings. The van der Waals surface area contributed by atoms with Gasteiger partial charge in [0.2, 0.25) is 0 Å². The molecule has 0 radical (unpaired) electrons. The summed E-state index contributed by atoms with van der Waals surface area (Å²) in [6, 6.07) is 0. The van der Waals surface area contributed by atoms with Crippen molar-refractivity contribution in [1.82, 2.24) is 4.90 Å². The van der Waals surface area contributed by atoms with Crippen molar-refractivity contribution in [2.24, 2.45) is 0 Å². The second kappa shape index (κ2) is 5.66. The van der Waals surface area contributed by atoms with Crippen LogP contribution >= 0.6 is 0 Å². The fourth-order valence-corrected chi connectivity index (χ4v) is 1.38. The summed E-state index contributed by atoms with van der Waals surface area (Å²) < 4.78 is 5.30. The number of rotatable bonds is 3. The minimum atomic E-state index is 0.819. The Kier molecular flexibility index (Phi) is 4.47. The van der Waals surface area contributed by atoms with Gasteiger partial charge >= 0.3 is 0 Å². The van der Waals surface area contributed by atoms with E-state index in [1.807, 2.05) is 6.08 Å². The summed E-state index contributed by atoms with van der Waals surface area (Å²) in [4.78, 5) is 2.30. The zero-order valence-corrected chi connectivity index (χ0v) is 9.12. The van der Waals surface area contributed by atoms with Crippen LogP contribution in [0.3, 0.4) is 0 Å². The molecule has 1 aliphatic heterocycles. The van der Waals surface area contributed by atoms with Crippen LogP contribution in [-0.4, -0.2) is 31.2 Å². The lowest BCUT2D eigenvalue weighted by Crippen LogP contribution is -2.35. The molecule has 0 spiro atoms. The zero-order valence-electron chi connectivity index (χ0n) is 9.12. The lowest BCUT2D eigenvalue weighted by molar-refractivity contribution is 0.0554. The average molecular weight is 193 g/mol. The normalized spacial score (nSPS) is 17.9. The van der Waals surface area contributed by atoms with Crippen molar-refractivity contribution in [3.05, 3.63) is 36.1 Å². The van der Waals surface area contributed by atoms with Gasteiger partial charge in [0.1, 0.15) is 0 Å². The van der Waals surface area contributed by atoms with Gasteiger partial charge in [-0.2, -0.15) is 0 Å². The summed E-state index contributed by atoms with van der Waals surface area (Å²) in [6.07, 6.45) is 6.14. The molecule has 78 valence electrons. The molecule has 1 saturated heterocycles. The summed E-state index contributed by atoms with van der Waals surface area (Å²) in [5.74, 6) is 0. The third kappa shape index (κ3) is 3.38. The molecule has 2 heteroatoms. The molecule has 0 aromatic heterocycles. The Labute approximate surface area is 86.6 Å². The topological polar surface area (TPSA) is 12.5 Å². The number of hydrogen-bond acceptors (Lipinski definition) is 2. The zero-order chi connectivity index (χ0) is 10.4. The molecule has 0 aromatic rings. The van der Waals surface area contributed by atoms with Gasteiger partial charge in [0.05, 0.1) is 13.2 Å². The van der Waals surface area contributed by atoms with Crippen molar-refractivity contribution < 1.29 is 4.74 Å². The molecule has 0 unspecified atom stereocenters.